The van der Waals surface area contributed by atoms with Crippen molar-refractivity contribution in [2.45, 2.75) is 33.1 Å². The number of Topliss-reactive ketones (excluding diaryl/α,β-unsaturated/α-hetero) is 1. The zero-order chi connectivity index (χ0) is 20.0. The number of amides is 1. The number of aromatic nitrogens is 2. The van der Waals surface area contributed by atoms with E-state index in [-0.39, 0.29) is 18.1 Å². The number of ketones is 1. The quantitative estimate of drug-likeness (QED) is 0.652. The second-order valence-electron chi connectivity index (χ2n) is 7.21. The van der Waals surface area contributed by atoms with Gasteiger partial charge in [0, 0.05) is 22.6 Å². The minimum absolute atomic E-state index is 0.0621. The Morgan fingerprint density at radius 3 is 2.64 bits per heavy atom. The molecule has 1 aliphatic rings. The third kappa shape index (κ3) is 3.12. The number of benzene rings is 2. The average molecular weight is 394 g/mol. The Morgan fingerprint density at radius 2 is 1.93 bits per heavy atom. The fraction of sp³-hybridized carbons (Fsp3) is 0.227. The summed E-state index contributed by atoms with van der Waals surface area (Å²) in [6, 6.07) is 12.9. The van der Waals surface area contributed by atoms with Crippen LogP contribution in [0.4, 0.5) is 5.82 Å². The fourth-order valence-corrected chi connectivity index (χ4v) is 3.85. The molecule has 0 saturated carbocycles. The van der Waals surface area contributed by atoms with Crippen LogP contribution in [0.15, 0.2) is 42.5 Å². The van der Waals surface area contributed by atoms with Gasteiger partial charge >= 0.3 is 0 Å². The molecule has 4 rings (SSSR count). The number of aryl methyl sites for hydroxylation is 3. The van der Waals surface area contributed by atoms with Crippen LogP contribution in [0.3, 0.4) is 0 Å². The molecule has 142 valence electrons. The lowest BCUT2D eigenvalue weighted by Gasteiger charge is -2.23. The number of halogens is 1. The smallest absolute Gasteiger partial charge is 0.226 e. The highest BCUT2D eigenvalue weighted by Crippen LogP contribution is 2.38. The van der Waals surface area contributed by atoms with Crippen molar-refractivity contribution < 1.29 is 9.59 Å². The lowest BCUT2D eigenvalue weighted by Crippen LogP contribution is -2.28. The van der Waals surface area contributed by atoms with Gasteiger partial charge < -0.3 is 5.32 Å². The summed E-state index contributed by atoms with van der Waals surface area (Å²) in [5, 5.41) is 8.05. The first-order valence-corrected chi connectivity index (χ1v) is 9.49. The van der Waals surface area contributed by atoms with E-state index < -0.39 is 5.92 Å². The van der Waals surface area contributed by atoms with Crippen molar-refractivity contribution in [2.24, 2.45) is 0 Å². The van der Waals surface area contributed by atoms with E-state index in [0.29, 0.717) is 16.4 Å². The highest BCUT2D eigenvalue weighted by Gasteiger charge is 2.36. The summed E-state index contributed by atoms with van der Waals surface area (Å²) in [5.74, 6) is -0.275. The summed E-state index contributed by atoms with van der Waals surface area (Å²) in [5.41, 5.74) is 5.02. The number of fused-ring (bicyclic) bond motifs is 1. The number of nitrogens with one attached hydrogen (secondary N) is 1. The molecule has 0 bridgehead atoms. The first-order valence-electron chi connectivity index (χ1n) is 9.12. The van der Waals surface area contributed by atoms with E-state index in [1.807, 2.05) is 51.1 Å². The van der Waals surface area contributed by atoms with Crippen molar-refractivity contribution in [3.05, 3.63) is 75.4 Å². The highest BCUT2D eigenvalue weighted by atomic mass is 35.5. The van der Waals surface area contributed by atoms with Gasteiger partial charge in [-0.1, -0.05) is 29.8 Å². The van der Waals surface area contributed by atoms with Crippen molar-refractivity contribution in [1.82, 2.24) is 9.78 Å². The molecular formula is C22H20ClN3O2. The Hall–Kier alpha value is -2.92. The number of hydrogen-bond acceptors (Lipinski definition) is 3. The third-order valence-electron chi connectivity index (χ3n) is 5.26. The standard InChI is InChI=1S/C22H20ClN3O2/c1-12-7-8-15(9-13(12)2)21(28)18-11-19(27)24-22-20(18)14(3)25-26(22)17-6-4-5-16(23)10-17/h4-10,18H,11H2,1-3H3,(H,24,27). The van der Waals surface area contributed by atoms with Crippen LogP contribution in [-0.4, -0.2) is 21.5 Å². The van der Waals surface area contributed by atoms with Crippen molar-refractivity contribution in [2.75, 3.05) is 5.32 Å². The van der Waals surface area contributed by atoms with Gasteiger partial charge in [0.2, 0.25) is 5.91 Å². The lowest BCUT2D eigenvalue weighted by molar-refractivity contribution is -0.116. The zero-order valence-corrected chi connectivity index (χ0v) is 16.7. The van der Waals surface area contributed by atoms with Crippen LogP contribution in [0.2, 0.25) is 5.02 Å². The lowest BCUT2D eigenvalue weighted by atomic mass is 9.85. The predicted molar refractivity (Wildman–Crippen MR) is 110 cm³/mol. The van der Waals surface area contributed by atoms with E-state index >= 15 is 0 Å². The van der Waals surface area contributed by atoms with Crippen LogP contribution < -0.4 is 5.32 Å². The maximum absolute atomic E-state index is 13.3. The second-order valence-corrected chi connectivity index (χ2v) is 7.64. The molecule has 0 radical (unpaired) electrons. The first-order chi connectivity index (χ1) is 13.3. The van der Waals surface area contributed by atoms with Crippen molar-refractivity contribution >= 4 is 29.1 Å². The molecule has 2 aromatic carbocycles. The molecule has 1 aromatic heterocycles. The topological polar surface area (TPSA) is 64.0 Å². The Bertz CT molecular complexity index is 1120. The Balaban J connectivity index is 1.82. The van der Waals surface area contributed by atoms with Gasteiger partial charge in [0.25, 0.3) is 0 Å². The van der Waals surface area contributed by atoms with Gasteiger partial charge in [0.15, 0.2) is 5.78 Å². The Morgan fingerprint density at radius 1 is 1.14 bits per heavy atom. The minimum atomic E-state index is -0.557. The maximum Gasteiger partial charge on any atom is 0.226 e. The molecule has 0 saturated heterocycles. The molecule has 1 N–H and O–H groups in total. The summed E-state index contributed by atoms with van der Waals surface area (Å²) in [6.07, 6.45) is 0.112. The number of hydrogen-bond donors (Lipinski definition) is 1. The normalized spacial score (nSPS) is 15.9. The fourth-order valence-electron chi connectivity index (χ4n) is 3.66. The Labute approximate surface area is 168 Å². The van der Waals surface area contributed by atoms with E-state index in [4.69, 9.17) is 11.6 Å². The van der Waals surface area contributed by atoms with E-state index in [0.717, 1.165) is 28.1 Å². The molecule has 0 spiro atoms. The summed E-state index contributed by atoms with van der Waals surface area (Å²) >= 11 is 6.12. The van der Waals surface area contributed by atoms with Gasteiger partial charge in [0.1, 0.15) is 5.82 Å². The van der Waals surface area contributed by atoms with Crippen LogP contribution in [-0.2, 0) is 4.79 Å². The maximum atomic E-state index is 13.3. The SMILES string of the molecule is Cc1ccc(C(=O)C2CC(=O)Nc3c2c(C)nn3-c2cccc(Cl)c2)cc1C. The molecule has 5 nitrogen and oxygen atoms in total. The van der Waals surface area contributed by atoms with Crippen LogP contribution in [0.5, 0.6) is 0 Å². The van der Waals surface area contributed by atoms with Crippen LogP contribution in [0, 0.1) is 20.8 Å². The molecule has 1 unspecified atom stereocenters. The van der Waals surface area contributed by atoms with Gasteiger partial charge in [-0.3, -0.25) is 9.59 Å². The molecular weight excluding hydrogens is 374 g/mol. The number of rotatable bonds is 3. The van der Waals surface area contributed by atoms with Crippen molar-refractivity contribution in [1.29, 1.82) is 0 Å². The van der Waals surface area contributed by atoms with Crippen LogP contribution in [0.1, 0.15) is 45.1 Å². The number of carbonyl (C=O) groups is 2. The molecule has 0 aliphatic carbocycles. The Kier molecular flexibility index (Phi) is 4.55. The average Bonchev–Trinajstić information content (AvgIpc) is 2.99. The summed E-state index contributed by atoms with van der Waals surface area (Å²) in [6.45, 7) is 5.85. The minimum Gasteiger partial charge on any atom is -0.310 e. The zero-order valence-electron chi connectivity index (χ0n) is 15.9. The van der Waals surface area contributed by atoms with Gasteiger partial charge in [-0.2, -0.15) is 5.10 Å². The molecule has 28 heavy (non-hydrogen) atoms. The van der Waals surface area contributed by atoms with Crippen molar-refractivity contribution in [3.8, 4) is 5.69 Å². The van der Waals surface area contributed by atoms with Crippen molar-refractivity contribution in [3.63, 3.8) is 0 Å². The summed E-state index contributed by atoms with van der Waals surface area (Å²) in [4.78, 5) is 25.7. The first kappa shape index (κ1) is 18.4. The number of anilines is 1. The highest BCUT2D eigenvalue weighted by molar-refractivity contribution is 6.30. The molecule has 2 heterocycles. The van der Waals surface area contributed by atoms with E-state index in [9.17, 15) is 9.59 Å². The van der Waals surface area contributed by atoms with Gasteiger partial charge in [0.05, 0.1) is 17.3 Å². The van der Waals surface area contributed by atoms with Gasteiger partial charge in [-0.15, -0.1) is 0 Å². The predicted octanol–water partition coefficient (Wildman–Crippen LogP) is 4.76. The van der Waals surface area contributed by atoms with E-state index in [1.165, 1.54) is 0 Å². The van der Waals surface area contributed by atoms with E-state index in [1.54, 1.807) is 16.8 Å². The van der Waals surface area contributed by atoms with Crippen LogP contribution in [0.25, 0.3) is 5.69 Å². The number of nitrogens with zero attached hydrogens (tertiary/aromatic N) is 2. The molecule has 1 atom stereocenters. The monoisotopic (exact) mass is 393 g/mol. The molecule has 1 amide bonds. The molecule has 1 aliphatic heterocycles. The molecule has 3 aromatic rings. The van der Waals surface area contributed by atoms with Gasteiger partial charge in [-0.25, -0.2) is 4.68 Å². The summed E-state index contributed by atoms with van der Waals surface area (Å²) < 4.78 is 1.65. The molecule has 0 fully saturated rings. The van der Waals surface area contributed by atoms with Gasteiger partial charge in [-0.05, 0) is 56.2 Å². The number of carbonyl (C=O) groups excluding carboxylic acids is 2. The largest absolute Gasteiger partial charge is 0.310 e. The third-order valence-corrected chi connectivity index (χ3v) is 5.50. The molecule has 6 heteroatoms. The van der Waals surface area contributed by atoms with E-state index in [2.05, 4.69) is 10.4 Å². The summed E-state index contributed by atoms with van der Waals surface area (Å²) in [7, 11) is 0. The second kappa shape index (κ2) is 6.91. The van der Waals surface area contributed by atoms with Crippen LogP contribution >= 0.6 is 11.6 Å².